The fourth-order valence-electron chi connectivity index (χ4n) is 3.07. The van der Waals surface area contributed by atoms with Gasteiger partial charge in [-0.1, -0.05) is 24.3 Å². The molecule has 0 saturated heterocycles. The van der Waals surface area contributed by atoms with Crippen LogP contribution in [-0.2, 0) is 6.42 Å². The molecule has 0 saturated carbocycles. The van der Waals surface area contributed by atoms with E-state index in [0.29, 0.717) is 5.69 Å². The molecule has 0 bridgehead atoms. The molecule has 5 nitrogen and oxygen atoms in total. The molecule has 1 N–H and O–H groups in total. The molecule has 110 valence electrons. The van der Waals surface area contributed by atoms with Gasteiger partial charge in [-0.25, -0.2) is 9.50 Å². The normalized spacial score (nSPS) is 17.2. The molecule has 0 radical (unpaired) electrons. The molecule has 22 heavy (non-hydrogen) atoms. The van der Waals surface area contributed by atoms with Crippen LogP contribution in [0, 0.1) is 0 Å². The lowest BCUT2D eigenvalue weighted by Crippen LogP contribution is -2.31. The Morgan fingerprint density at radius 2 is 2.14 bits per heavy atom. The lowest BCUT2D eigenvalue weighted by atomic mass is 9.87. The van der Waals surface area contributed by atoms with Crippen molar-refractivity contribution < 1.29 is 4.79 Å². The Morgan fingerprint density at radius 3 is 3.09 bits per heavy atom. The van der Waals surface area contributed by atoms with Crippen molar-refractivity contribution in [2.24, 2.45) is 0 Å². The molecule has 0 fully saturated rings. The summed E-state index contributed by atoms with van der Waals surface area (Å²) in [5.41, 5.74) is 3.70. The molecule has 3 aromatic rings. The first-order valence-electron chi connectivity index (χ1n) is 7.50. The van der Waals surface area contributed by atoms with Gasteiger partial charge in [0.05, 0.1) is 6.04 Å². The summed E-state index contributed by atoms with van der Waals surface area (Å²) < 4.78 is 1.61. The second-order valence-corrected chi connectivity index (χ2v) is 5.57. The van der Waals surface area contributed by atoms with Gasteiger partial charge in [-0.15, -0.1) is 0 Å². The number of aryl methyl sites for hydroxylation is 1. The third-order valence-electron chi connectivity index (χ3n) is 4.16. The molecule has 4 rings (SSSR count). The van der Waals surface area contributed by atoms with Crippen LogP contribution in [0.5, 0.6) is 0 Å². The zero-order chi connectivity index (χ0) is 14.9. The fourth-order valence-corrected chi connectivity index (χ4v) is 3.07. The number of rotatable bonds is 2. The Kier molecular flexibility index (Phi) is 3.11. The van der Waals surface area contributed by atoms with Crippen LogP contribution in [-0.4, -0.2) is 20.5 Å². The summed E-state index contributed by atoms with van der Waals surface area (Å²) in [4.78, 5) is 16.6. The minimum absolute atomic E-state index is 0.0673. The van der Waals surface area contributed by atoms with E-state index in [4.69, 9.17) is 0 Å². The average Bonchev–Trinajstić information content (AvgIpc) is 3.02. The number of hydrogen-bond donors (Lipinski definition) is 1. The summed E-state index contributed by atoms with van der Waals surface area (Å²) in [7, 11) is 0. The number of aromatic nitrogens is 3. The highest BCUT2D eigenvalue weighted by atomic mass is 16.2. The predicted molar refractivity (Wildman–Crippen MR) is 82.6 cm³/mol. The summed E-state index contributed by atoms with van der Waals surface area (Å²) in [5, 5.41) is 7.41. The van der Waals surface area contributed by atoms with Gasteiger partial charge >= 0.3 is 0 Å². The molecule has 2 heterocycles. The molecule has 2 aromatic heterocycles. The maximum atomic E-state index is 12.5. The van der Waals surface area contributed by atoms with E-state index in [1.807, 2.05) is 6.07 Å². The van der Waals surface area contributed by atoms with Crippen molar-refractivity contribution in [2.45, 2.75) is 25.3 Å². The third kappa shape index (κ3) is 2.24. The van der Waals surface area contributed by atoms with Crippen molar-refractivity contribution in [3.8, 4) is 0 Å². The zero-order valence-corrected chi connectivity index (χ0v) is 12.1. The van der Waals surface area contributed by atoms with E-state index in [1.165, 1.54) is 11.1 Å². The number of nitrogens with zero attached hydrogens (tertiary/aromatic N) is 3. The number of hydrogen-bond acceptors (Lipinski definition) is 3. The highest BCUT2D eigenvalue weighted by molar-refractivity contribution is 5.92. The van der Waals surface area contributed by atoms with Crippen molar-refractivity contribution in [1.82, 2.24) is 19.9 Å². The minimum Gasteiger partial charge on any atom is -0.344 e. The van der Waals surface area contributed by atoms with Gasteiger partial charge in [-0.3, -0.25) is 4.79 Å². The standard InChI is InChI=1S/C17H16N4O/c22-17(15-8-9-16-18-10-11-21(16)20-15)19-14-7-3-5-12-4-1-2-6-13(12)14/h1-2,4,6,8-11,14H,3,5,7H2,(H,19,22). The summed E-state index contributed by atoms with van der Waals surface area (Å²) in [6.07, 6.45) is 6.55. The van der Waals surface area contributed by atoms with Crippen LogP contribution < -0.4 is 5.32 Å². The second kappa shape index (κ2) is 5.26. The largest absolute Gasteiger partial charge is 0.344 e. The predicted octanol–water partition coefficient (Wildman–Crippen LogP) is 2.54. The van der Waals surface area contributed by atoms with Crippen LogP contribution in [0.25, 0.3) is 5.65 Å². The summed E-state index contributed by atoms with van der Waals surface area (Å²) >= 11 is 0. The number of fused-ring (bicyclic) bond motifs is 2. The van der Waals surface area contributed by atoms with E-state index in [2.05, 4.69) is 33.6 Å². The van der Waals surface area contributed by atoms with Crippen molar-refractivity contribution in [3.05, 3.63) is 65.6 Å². The number of amides is 1. The van der Waals surface area contributed by atoms with Gasteiger partial charge in [0.2, 0.25) is 0 Å². The van der Waals surface area contributed by atoms with Gasteiger partial charge in [0.1, 0.15) is 5.69 Å². The monoisotopic (exact) mass is 292 g/mol. The molecule has 0 spiro atoms. The Hall–Kier alpha value is -2.69. The highest BCUT2D eigenvalue weighted by Gasteiger charge is 2.22. The molecule has 1 unspecified atom stereocenters. The molecule has 0 aliphatic heterocycles. The number of carbonyl (C=O) groups is 1. The molecular weight excluding hydrogens is 276 g/mol. The maximum absolute atomic E-state index is 12.5. The maximum Gasteiger partial charge on any atom is 0.272 e. The van der Waals surface area contributed by atoms with Crippen molar-refractivity contribution >= 4 is 11.6 Å². The summed E-state index contributed by atoms with van der Waals surface area (Å²) in [6.45, 7) is 0. The Bertz CT molecular complexity index is 839. The quantitative estimate of drug-likeness (QED) is 0.789. The number of benzene rings is 1. The zero-order valence-electron chi connectivity index (χ0n) is 12.1. The first-order valence-corrected chi connectivity index (χ1v) is 7.50. The lowest BCUT2D eigenvalue weighted by molar-refractivity contribution is 0.0926. The van der Waals surface area contributed by atoms with E-state index in [-0.39, 0.29) is 11.9 Å². The SMILES string of the molecule is O=C(NC1CCCc2ccccc21)c1ccc2nccn2n1. The summed E-state index contributed by atoms with van der Waals surface area (Å²) in [5.74, 6) is -0.141. The fraction of sp³-hybridized carbons (Fsp3) is 0.235. The van der Waals surface area contributed by atoms with Crippen LogP contribution in [0.1, 0.15) is 40.5 Å². The lowest BCUT2D eigenvalue weighted by Gasteiger charge is -2.26. The smallest absolute Gasteiger partial charge is 0.272 e. The first kappa shape index (κ1) is 13.0. The average molecular weight is 292 g/mol. The van der Waals surface area contributed by atoms with Crippen molar-refractivity contribution in [3.63, 3.8) is 0 Å². The van der Waals surface area contributed by atoms with E-state index in [1.54, 1.807) is 29.0 Å². The molecule has 1 atom stereocenters. The Balaban J connectivity index is 1.59. The van der Waals surface area contributed by atoms with Gasteiger partial charge in [-0.2, -0.15) is 5.10 Å². The number of imidazole rings is 1. The number of nitrogens with one attached hydrogen (secondary N) is 1. The first-order chi connectivity index (χ1) is 10.8. The van der Waals surface area contributed by atoms with Crippen LogP contribution in [0.3, 0.4) is 0 Å². The number of carbonyl (C=O) groups excluding carboxylic acids is 1. The van der Waals surface area contributed by atoms with Crippen LogP contribution in [0.2, 0.25) is 0 Å². The molecule has 1 aliphatic rings. The van der Waals surface area contributed by atoms with Crippen LogP contribution in [0.15, 0.2) is 48.8 Å². The highest BCUT2D eigenvalue weighted by Crippen LogP contribution is 2.29. The summed E-state index contributed by atoms with van der Waals surface area (Å²) in [6, 6.07) is 11.9. The van der Waals surface area contributed by atoms with Gasteiger partial charge in [0, 0.05) is 12.4 Å². The van der Waals surface area contributed by atoms with Gasteiger partial charge in [0.15, 0.2) is 5.65 Å². The molecule has 5 heteroatoms. The van der Waals surface area contributed by atoms with Crippen molar-refractivity contribution in [2.75, 3.05) is 0 Å². The van der Waals surface area contributed by atoms with E-state index in [0.717, 1.165) is 24.9 Å². The molecule has 1 aliphatic carbocycles. The van der Waals surface area contributed by atoms with E-state index in [9.17, 15) is 4.79 Å². The third-order valence-corrected chi connectivity index (χ3v) is 4.16. The van der Waals surface area contributed by atoms with Gasteiger partial charge < -0.3 is 5.32 Å². The molecule has 1 amide bonds. The Labute approximate surface area is 128 Å². The van der Waals surface area contributed by atoms with Crippen molar-refractivity contribution in [1.29, 1.82) is 0 Å². The van der Waals surface area contributed by atoms with Gasteiger partial charge in [-0.05, 0) is 42.5 Å². The molecular formula is C17H16N4O. The van der Waals surface area contributed by atoms with Gasteiger partial charge in [0.25, 0.3) is 5.91 Å². The molecule has 1 aromatic carbocycles. The minimum atomic E-state index is -0.141. The van der Waals surface area contributed by atoms with E-state index < -0.39 is 0 Å². The van der Waals surface area contributed by atoms with Crippen LogP contribution in [0.4, 0.5) is 0 Å². The Morgan fingerprint density at radius 1 is 1.23 bits per heavy atom. The van der Waals surface area contributed by atoms with Crippen LogP contribution >= 0.6 is 0 Å². The second-order valence-electron chi connectivity index (χ2n) is 5.57. The topological polar surface area (TPSA) is 59.3 Å². The van der Waals surface area contributed by atoms with E-state index >= 15 is 0 Å².